The Labute approximate surface area is 382 Å². The van der Waals surface area contributed by atoms with Crippen LogP contribution < -0.4 is 4.90 Å². The van der Waals surface area contributed by atoms with E-state index in [2.05, 4.69) is 256 Å². The van der Waals surface area contributed by atoms with Gasteiger partial charge in [0.15, 0.2) is 0 Å². The lowest BCUT2D eigenvalue weighted by molar-refractivity contribution is 0.627. The summed E-state index contributed by atoms with van der Waals surface area (Å²) in [6, 6.07) is 78.8. The van der Waals surface area contributed by atoms with Crippen LogP contribution in [-0.2, 0) is 0 Å². The molecule has 0 radical (unpaired) electrons. The van der Waals surface area contributed by atoms with Crippen LogP contribution in [0, 0.1) is 20.8 Å². The lowest BCUT2D eigenvalue weighted by Crippen LogP contribution is -2.11. The van der Waals surface area contributed by atoms with Crippen LogP contribution in [0.15, 0.2) is 212 Å². The van der Waals surface area contributed by atoms with E-state index in [1.165, 1.54) is 99.1 Å². The lowest BCUT2D eigenvalue weighted by Gasteiger charge is -2.29. The molecule has 1 aromatic heterocycles. The summed E-state index contributed by atoms with van der Waals surface area (Å²) in [5.41, 5.74) is 18.6. The van der Waals surface area contributed by atoms with Crippen molar-refractivity contribution in [2.45, 2.75) is 46.5 Å². The van der Waals surface area contributed by atoms with Crippen molar-refractivity contribution in [2.24, 2.45) is 0 Å². The molecule has 11 aromatic rings. The van der Waals surface area contributed by atoms with Gasteiger partial charge in [-0.25, -0.2) is 0 Å². The highest BCUT2D eigenvalue weighted by Crippen LogP contribution is 2.51. The Morgan fingerprint density at radius 2 is 1.02 bits per heavy atom. The Bertz CT molecular complexity index is 3520. The average Bonchev–Trinajstić information content (AvgIpc) is 3.68. The third kappa shape index (κ3) is 6.98. The van der Waals surface area contributed by atoms with Crippen molar-refractivity contribution in [1.29, 1.82) is 0 Å². The van der Waals surface area contributed by atoms with Gasteiger partial charge in [-0.2, -0.15) is 0 Å². The first-order valence-corrected chi connectivity index (χ1v) is 23.0. The average molecular weight is 837 g/mol. The van der Waals surface area contributed by atoms with Gasteiger partial charge in [0.1, 0.15) is 0 Å². The molecular weight excluding hydrogens is 785 g/mol. The molecule has 0 aliphatic rings. The topological polar surface area (TPSA) is 8.17 Å². The van der Waals surface area contributed by atoms with E-state index in [-0.39, 0.29) is 11.8 Å². The maximum atomic E-state index is 2.54. The molecule has 0 saturated heterocycles. The number of benzene rings is 10. The number of hydrogen-bond donors (Lipinski definition) is 0. The van der Waals surface area contributed by atoms with Crippen LogP contribution in [-0.4, -0.2) is 4.57 Å². The van der Waals surface area contributed by atoms with E-state index in [1.54, 1.807) is 0 Å². The standard InChI is InChI=1S/C63H52N2/c1-41-27-31-46(32-28-41)44(4)45(5)61-62(52-21-11-9-17-43(52)3)57(40-58-56-25-15-16-26-59(56)65(63(58)61)51-35-29-42(2)30-36-51)47-33-37-50(38-34-47)64(49-19-7-6-8-20-49)60-39-48-18-10-12-22-53(48)54-23-13-14-24-55(54)60/h6-40,44-45H,1-5H3/t44?,45-/m0/s1. The van der Waals surface area contributed by atoms with Gasteiger partial charge < -0.3 is 9.47 Å². The maximum Gasteiger partial charge on any atom is 0.0582 e. The van der Waals surface area contributed by atoms with Crippen LogP contribution in [0.2, 0.25) is 0 Å². The summed E-state index contributed by atoms with van der Waals surface area (Å²) < 4.78 is 2.54. The van der Waals surface area contributed by atoms with Crippen LogP contribution in [0.5, 0.6) is 0 Å². The predicted octanol–water partition coefficient (Wildman–Crippen LogP) is 17.7. The fraction of sp³-hybridized carbons (Fsp3) is 0.111. The van der Waals surface area contributed by atoms with Gasteiger partial charge in [-0.1, -0.05) is 183 Å². The van der Waals surface area contributed by atoms with Crippen LogP contribution >= 0.6 is 0 Å². The van der Waals surface area contributed by atoms with Gasteiger partial charge in [-0.05, 0) is 142 Å². The second-order valence-corrected chi connectivity index (χ2v) is 18.0. The molecule has 0 spiro atoms. The van der Waals surface area contributed by atoms with E-state index in [0.29, 0.717) is 0 Å². The molecule has 314 valence electrons. The summed E-state index contributed by atoms with van der Waals surface area (Å²) in [6.45, 7) is 11.5. The van der Waals surface area contributed by atoms with Gasteiger partial charge in [-0.3, -0.25) is 0 Å². The van der Waals surface area contributed by atoms with E-state index in [0.717, 1.165) is 17.1 Å². The summed E-state index contributed by atoms with van der Waals surface area (Å²) in [5.74, 6) is 0.386. The molecule has 65 heavy (non-hydrogen) atoms. The largest absolute Gasteiger partial charge is 0.310 e. The van der Waals surface area contributed by atoms with E-state index < -0.39 is 0 Å². The molecular formula is C63H52N2. The van der Waals surface area contributed by atoms with Gasteiger partial charge in [0.25, 0.3) is 0 Å². The van der Waals surface area contributed by atoms with Gasteiger partial charge in [0, 0.05) is 33.2 Å². The molecule has 1 unspecified atom stereocenters. The quantitative estimate of drug-likeness (QED) is 0.132. The van der Waals surface area contributed by atoms with Crippen LogP contribution in [0.1, 0.15) is 53.5 Å². The van der Waals surface area contributed by atoms with E-state index in [9.17, 15) is 0 Å². The molecule has 1 heterocycles. The molecule has 2 nitrogen and oxygen atoms in total. The Balaban J connectivity index is 1.20. The zero-order chi connectivity index (χ0) is 44.2. The second-order valence-electron chi connectivity index (χ2n) is 18.0. The number of hydrogen-bond acceptors (Lipinski definition) is 1. The minimum atomic E-state index is 0.150. The number of para-hydroxylation sites is 2. The summed E-state index contributed by atoms with van der Waals surface area (Å²) in [5, 5.41) is 7.48. The fourth-order valence-electron chi connectivity index (χ4n) is 10.4. The number of rotatable bonds is 9. The molecule has 2 heteroatoms. The molecule has 0 bridgehead atoms. The SMILES string of the molecule is Cc1ccc(C(C)[C@H](C)c2c(-c3ccccc3C)c(-c3ccc(N(c4ccccc4)c4cc5ccccc5c5ccccc45)cc3)cc3c4ccccc4n(-c4ccc(C)cc4)c23)cc1. The molecule has 0 aliphatic heterocycles. The smallest absolute Gasteiger partial charge is 0.0582 e. The first-order valence-electron chi connectivity index (χ1n) is 23.0. The Hall–Kier alpha value is -7.68. The third-order valence-electron chi connectivity index (χ3n) is 13.9. The van der Waals surface area contributed by atoms with Crippen LogP contribution in [0.4, 0.5) is 17.1 Å². The minimum Gasteiger partial charge on any atom is -0.310 e. The van der Waals surface area contributed by atoms with Crippen molar-refractivity contribution in [3.05, 3.63) is 240 Å². The lowest BCUT2D eigenvalue weighted by atomic mass is 9.76. The molecule has 0 fully saturated rings. The zero-order valence-electron chi connectivity index (χ0n) is 37.8. The highest BCUT2D eigenvalue weighted by molar-refractivity contribution is 6.16. The monoisotopic (exact) mass is 836 g/mol. The number of aromatic nitrogens is 1. The fourth-order valence-corrected chi connectivity index (χ4v) is 10.4. The first kappa shape index (κ1) is 40.1. The zero-order valence-corrected chi connectivity index (χ0v) is 37.8. The van der Waals surface area contributed by atoms with E-state index in [1.807, 2.05) is 0 Å². The normalized spacial score (nSPS) is 12.6. The van der Waals surface area contributed by atoms with Crippen molar-refractivity contribution in [1.82, 2.24) is 4.57 Å². The Morgan fingerprint density at radius 1 is 0.431 bits per heavy atom. The molecule has 10 aromatic carbocycles. The number of fused-ring (bicyclic) bond motifs is 6. The van der Waals surface area contributed by atoms with Gasteiger partial charge in [0.05, 0.1) is 16.7 Å². The maximum absolute atomic E-state index is 2.54. The van der Waals surface area contributed by atoms with Crippen molar-refractivity contribution >= 4 is 60.4 Å². The number of nitrogens with zero attached hydrogens (tertiary/aromatic N) is 2. The van der Waals surface area contributed by atoms with Gasteiger partial charge in [-0.15, -0.1) is 0 Å². The third-order valence-corrected chi connectivity index (χ3v) is 13.9. The predicted molar refractivity (Wildman–Crippen MR) is 279 cm³/mol. The van der Waals surface area contributed by atoms with Crippen molar-refractivity contribution in [3.63, 3.8) is 0 Å². The summed E-state index contributed by atoms with van der Waals surface area (Å²) >= 11 is 0. The van der Waals surface area contributed by atoms with Crippen molar-refractivity contribution < 1.29 is 0 Å². The van der Waals surface area contributed by atoms with E-state index >= 15 is 0 Å². The molecule has 2 atom stereocenters. The summed E-state index contributed by atoms with van der Waals surface area (Å²) in [6.07, 6.45) is 0. The summed E-state index contributed by atoms with van der Waals surface area (Å²) in [7, 11) is 0. The second kappa shape index (κ2) is 16.5. The molecule has 0 amide bonds. The molecule has 11 rings (SSSR count). The number of aryl methyl sites for hydroxylation is 3. The van der Waals surface area contributed by atoms with Crippen LogP contribution in [0.3, 0.4) is 0 Å². The first-order chi connectivity index (χ1) is 31.8. The highest BCUT2D eigenvalue weighted by Gasteiger charge is 2.30. The number of anilines is 3. The Kier molecular flexibility index (Phi) is 10.2. The molecule has 0 aliphatic carbocycles. The van der Waals surface area contributed by atoms with Crippen molar-refractivity contribution in [3.8, 4) is 27.9 Å². The summed E-state index contributed by atoms with van der Waals surface area (Å²) in [4.78, 5) is 2.43. The van der Waals surface area contributed by atoms with Crippen LogP contribution in [0.25, 0.3) is 71.3 Å². The molecule has 0 N–H and O–H groups in total. The van der Waals surface area contributed by atoms with Crippen molar-refractivity contribution in [2.75, 3.05) is 4.90 Å². The van der Waals surface area contributed by atoms with E-state index in [4.69, 9.17) is 0 Å². The van der Waals surface area contributed by atoms with Gasteiger partial charge >= 0.3 is 0 Å². The Morgan fingerprint density at radius 3 is 1.74 bits per heavy atom. The minimum absolute atomic E-state index is 0.150. The van der Waals surface area contributed by atoms with Gasteiger partial charge in [0.2, 0.25) is 0 Å². The highest BCUT2D eigenvalue weighted by atomic mass is 15.1. The molecule has 0 saturated carbocycles.